The van der Waals surface area contributed by atoms with Gasteiger partial charge in [0.1, 0.15) is 24.0 Å². The van der Waals surface area contributed by atoms with Crippen molar-refractivity contribution in [2.45, 2.75) is 0 Å². The van der Waals surface area contributed by atoms with Gasteiger partial charge in [0.2, 0.25) is 0 Å². The van der Waals surface area contributed by atoms with E-state index in [-0.39, 0.29) is 0 Å². The molecule has 0 unspecified atom stereocenters. The van der Waals surface area contributed by atoms with Crippen molar-refractivity contribution in [2.24, 2.45) is 0 Å². The zero-order valence-electron chi connectivity index (χ0n) is 9.74. The highest BCUT2D eigenvalue weighted by atomic mass is 16.5. The highest BCUT2D eigenvalue weighted by molar-refractivity contribution is 5.53. The molecule has 0 radical (unpaired) electrons. The van der Waals surface area contributed by atoms with E-state index in [4.69, 9.17) is 20.9 Å². The Hall–Kier alpha value is -2.62. The van der Waals surface area contributed by atoms with Crippen LogP contribution in [0.25, 0.3) is 0 Å². The number of hydrogen-bond acceptors (Lipinski definition) is 4. The molecule has 0 saturated carbocycles. The van der Waals surface area contributed by atoms with Crippen LogP contribution in [0.15, 0.2) is 61.1 Å². The van der Waals surface area contributed by atoms with Crippen molar-refractivity contribution in [3.05, 3.63) is 61.1 Å². The molecule has 2 aromatic carbocycles. The van der Waals surface area contributed by atoms with E-state index in [1.807, 2.05) is 24.3 Å². The van der Waals surface area contributed by atoms with E-state index in [1.54, 1.807) is 24.3 Å². The maximum Gasteiger partial charge on any atom is 0.149 e. The maximum atomic E-state index is 5.72. The van der Waals surface area contributed by atoms with Crippen LogP contribution in [0.1, 0.15) is 0 Å². The summed E-state index contributed by atoms with van der Waals surface area (Å²) in [6.45, 7) is 0. The van der Waals surface area contributed by atoms with Crippen LogP contribution < -0.4 is 20.9 Å². The molecule has 0 amide bonds. The van der Waals surface area contributed by atoms with Gasteiger partial charge in [0.25, 0.3) is 0 Å². The molecule has 0 atom stereocenters. The van der Waals surface area contributed by atoms with Gasteiger partial charge >= 0.3 is 0 Å². The number of nitrogen functional groups attached to an aromatic ring is 2. The van der Waals surface area contributed by atoms with Gasteiger partial charge in [-0.3, -0.25) is 0 Å². The van der Waals surface area contributed by atoms with E-state index in [0.29, 0.717) is 22.9 Å². The normalized spacial score (nSPS) is 10.4. The third-order valence-electron chi connectivity index (χ3n) is 2.28. The van der Waals surface area contributed by atoms with Gasteiger partial charge in [0.15, 0.2) is 0 Å². The van der Waals surface area contributed by atoms with Crippen LogP contribution in [0.5, 0.6) is 11.5 Å². The lowest BCUT2D eigenvalue weighted by Crippen LogP contribution is -1.93. The molecule has 2 aromatic rings. The molecule has 18 heavy (non-hydrogen) atoms. The van der Waals surface area contributed by atoms with Crippen LogP contribution in [0.2, 0.25) is 0 Å². The number of benzene rings is 2. The molecular formula is C14H14N2O2. The topological polar surface area (TPSA) is 70.5 Å². The molecule has 0 bridgehead atoms. The lowest BCUT2D eigenvalue weighted by atomic mass is 10.3. The summed E-state index contributed by atoms with van der Waals surface area (Å²) in [7, 11) is 0. The van der Waals surface area contributed by atoms with Crippen molar-refractivity contribution >= 4 is 11.4 Å². The molecule has 0 spiro atoms. The fourth-order valence-electron chi connectivity index (χ4n) is 1.38. The Morgan fingerprint density at radius 3 is 1.44 bits per heavy atom. The Balaban J connectivity index is 1.94. The van der Waals surface area contributed by atoms with Crippen LogP contribution in [-0.4, -0.2) is 0 Å². The first-order valence-electron chi connectivity index (χ1n) is 5.45. The zero-order chi connectivity index (χ0) is 12.8. The van der Waals surface area contributed by atoms with Gasteiger partial charge in [-0.1, -0.05) is 24.3 Å². The first kappa shape index (κ1) is 11.9. The SMILES string of the molecule is Nc1ccccc1OC=COc1ccccc1N. The molecule has 0 fully saturated rings. The van der Waals surface area contributed by atoms with E-state index in [0.717, 1.165) is 0 Å². The molecule has 0 aliphatic rings. The van der Waals surface area contributed by atoms with Crippen LogP contribution in [0, 0.1) is 0 Å². The first-order valence-corrected chi connectivity index (χ1v) is 5.45. The standard InChI is InChI=1S/C14H14N2O2/c15-11-5-1-3-7-13(11)17-9-10-18-14-8-4-2-6-12(14)16/h1-10H,15-16H2. The third-order valence-corrected chi connectivity index (χ3v) is 2.28. The van der Waals surface area contributed by atoms with Gasteiger partial charge in [-0.25, -0.2) is 0 Å². The van der Waals surface area contributed by atoms with Gasteiger partial charge in [0.05, 0.1) is 11.4 Å². The van der Waals surface area contributed by atoms with E-state index in [1.165, 1.54) is 12.5 Å². The summed E-state index contributed by atoms with van der Waals surface area (Å²) in [5, 5.41) is 0. The van der Waals surface area contributed by atoms with Crippen LogP contribution in [0.4, 0.5) is 11.4 Å². The molecule has 2 rings (SSSR count). The third kappa shape index (κ3) is 2.95. The Labute approximate surface area is 105 Å². The van der Waals surface area contributed by atoms with Gasteiger partial charge in [-0.15, -0.1) is 0 Å². The second-order valence-electron chi connectivity index (χ2n) is 3.58. The number of ether oxygens (including phenoxy) is 2. The van der Waals surface area contributed by atoms with Crippen LogP contribution in [0.3, 0.4) is 0 Å². The minimum absolute atomic E-state index is 0.571. The second-order valence-corrected chi connectivity index (χ2v) is 3.58. The Bertz CT molecular complexity index is 503. The summed E-state index contributed by atoms with van der Waals surface area (Å²) < 4.78 is 10.7. The molecule has 0 aliphatic carbocycles. The summed E-state index contributed by atoms with van der Waals surface area (Å²) in [6, 6.07) is 14.4. The van der Waals surface area contributed by atoms with Gasteiger partial charge in [-0.05, 0) is 24.3 Å². The molecule has 0 heterocycles. The lowest BCUT2D eigenvalue weighted by Gasteiger charge is -2.04. The second kappa shape index (κ2) is 5.63. The average molecular weight is 242 g/mol. The van der Waals surface area contributed by atoms with E-state index < -0.39 is 0 Å². The quantitative estimate of drug-likeness (QED) is 0.639. The molecular weight excluding hydrogens is 228 g/mol. The highest BCUT2D eigenvalue weighted by Crippen LogP contribution is 2.21. The molecule has 0 aliphatic heterocycles. The van der Waals surface area contributed by atoms with Gasteiger partial charge in [-0.2, -0.15) is 0 Å². The molecule has 0 saturated heterocycles. The summed E-state index contributed by atoms with van der Waals surface area (Å²) >= 11 is 0. The Morgan fingerprint density at radius 1 is 0.667 bits per heavy atom. The van der Waals surface area contributed by atoms with Crippen LogP contribution >= 0.6 is 0 Å². The Kier molecular flexibility index (Phi) is 3.71. The number of para-hydroxylation sites is 4. The number of nitrogens with two attached hydrogens (primary N) is 2. The van der Waals surface area contributed by atoms with E-state index >= 15 is 0 Å². The van der Waals surface area contributed by atoms with E-state index in [2.05, 4.69) is 0 Å². The molecule has 4 N–H and O–H groups in total. The minimum atomic E-state index is 0.571. The molecule has 0 aromatic heterocycles. The monoisotopic (exact) mass is 242 g/mol. The smallest absolute Gasteiger partial charge is 0.149 e. The maximum absolute atomic E-state index is 5.72. The summed E-state index contributed by atoms with van der Waals surface area (Å²) in [5.41, 5.74) is 12.6. The van der Waals surface area contributed by atoms with Crippen molar-refractivity contribution in [3.63, 3.8) is 0 Å². The van der Waals surface area contributed by atoms with Crippen molar-refractivity contribution in [1.29, 1.82) is 0 Å². The summed E-state index contributed by atoms with van der Waals surface area (Å²) in [4.78, 5) is 0. The molecule has 92 valence electrons. The number of anilines is 2. The van der Waals surface area contributed by atoms with Crippen molar-refractivity contribution in [2.75, 3.05) is 11.5 Å². The number of rotatable bonds is 4. The largest absolute Gasteiger partial charge is 0.460 e. The fourth-order valence-corrected chi connectivity index (χ4v) is 1.38. The highest BCUT2D eigenvalue weighted by Gasteiger charge is 1.97. The van der Waals surface area contributed by atoms with E-state index in [9.17, 15) is 0 Å². The van der Waals surface area contributed by atoms with Crippen LogP contribution in [-0.2, 0) is 0 Å². The number of hydrogen-bond donors (Lipinski definition) is 2. The molecule has 4 heteroatoms. The Morgan fingerprint density at radius 2 is 1.06 bits per heavy atom. The predicted molar refractivity (Wildman–Crippen MR) is 72.1 cm³/mol. The zero-order valence-corrected chi connectivity index (χ0v) is 9.74. The summed E-state index contributed by atoms with van der Waals surface area (Å²) in [6.07, 6.45) is 2.83. The first-order chi connectivity index (χ1) is 8.77. The molecule has 4 nitrogen and oxygen atoms in total. The fraction of sp³-hybridized carbons (Fsp3) is 0. The van der Waals surface area contributed by atoms with Crippen molar-refractivity contribution in [3.8, 4) is 11.5 Å². The lowest BCUT2D eigenvalue weighted by molar-refractivity contribution is 0.424. The van der Waals surface area contributed by atoms with Crippen molar-refractivity contribution in [1.82, 2.24) is 0 Å². The average Bonchev–Trinajstić information content (AvgIpc) is 2.38. The van der Waals surface area contributed by atoms with Gasteiger partial charge in [0, 0.05) is 0 Å². The van der Waals surface area contributed by atoms with Crippen molar-refractivity contribution < 1.29 is 9.47 Å². The summed E-state index contributed by atoms with van der Waals surface area (Å²) in [5.74, 6) is 1.16. The minimum Gasteiger partial charge on any atom is -0.460 e. The van der Waals surface area contributed by atoms with Gasteiger partial charge < -0.3 is 20.9 Å². The predicted octanol–water partition coefficient (Wildman–Crippen LogP) is 2.78.